The summed E-state index contributed by atoms with van der Waals surface area (Å²) >= 11 is 0. The van der Waals surface area contributed by atoms with E-state index in [2.05, 4.69) is 87.7 Å². The summed E-state index contributed by atoms with van der Waals surface area (Å²) in [6.45, 7) is 1.98. The van der Waals surface area contributed by atoms with Gasteiger partial charge in [0.1, 0.15) is 0 Å². The van der Waals surface area contributed by atoms with Gasteiger partial charge in [0, 0.05) is 35.9 Å². The highest BCUT2D eigenvalue weighted by Gasteiger charge is 2.05. The molecular weight excluding hydrogens is 623 g/mol. The molecule has 2 N–H and O–H groups in total. The van der Waals surface area contributed by atoms with Crippen LogP contribution in [0.4, 0.5) is 5.69 Å². The lowest BCUT2D eigenvalue weighted by Gasteiger charge is -2.07. The fraction of sp³-hybridized carbons (Fsp3) is 0.0435. The van der Waals surface area contributed by atoms with Crippen molar-refractivity contribution in [2.45, 2.75) is 13.3 Å². The first-order valence-corrected chi connectivity index (χ1v) is 16.9. The van der Waals surface area contributed by atoms with Crippen LogP contribution in [0.25, 0.3) is 45.0 Å². The molecule has 248 valence electrons. The minimum Gasteiger partial charge on any atom is -0.399 e. The molecule has 51 heavy (non-hydrogen) atoms. The number of pyridine rings is 4. The van der Waals surface area contributed by atoms with Crippen molar-refractivity contribution >= 4 is 5.69 Å². The zero-order valence-electron chi connectivity index (χ0n) is 28.5. The molecule has 0 bridgehead atoms. The average molecular weight is 662 g/mol. The molecule has 5 nitrogen and oxygen atoms in total. The Kier molecular flexibility index (Phi) is 11.8. The van der Waals surface area contributed by atoms with Crippen LogP contribution in [0.5, 0.6) is 0 Å². The summed E-state index contributed by atoms with van der Waals surface area (Å²) in [5.41, 5.74) is 18.3. The third-order valence-electron chi connectivity index (χ3n) is 7.96. The van der Waals surface area contributed by atoms with Gasteiger partial charge in [-0.2, -0.15) is 0 Å². The molecule has 0 radical (unpaired) electrons. The zero-order valence-corrected chi connectivity index (χ0v) is 28.5. The molecule has 0 atom stereocenters. The first-order chi connectivity index (χ1) is 25.1. The Balaban J connectivity index is 0.000000145. The average Bonchev–Trinajstić information content (AvgIpc) is 3.20. The summed E-state index contributed by atoms with van der Waals surface area (Å²) in [5, 5.41) is 0. The van der Waals surface area contributed by atoms with E-state index in [1.54, 1.807) is 12.4 Å². The minimum absolute atomic E-state index is 0.807. The van der Waals surface area contributed by atoms with Gasteiger partial charge in [-0.05, 0) is 95.4 Å². The van der Waals surface area contributed by atoms with Gasteiger partial charge >= 0.3 is 0 Å². The summed E-state index contributed by atoms with van der Waals surface area (Å²) in [6.07, 6.45) is 4.38. The highest BCUT2D eigenvalue weighted by atomic mass is 14.8. The third-order valence-corrected chi connectivity index (χ3v) is 7.96. The van der Waals surface area contributed by atoms with Crippen molar-refractivity contribution < 1.29 is 0 Å². The number of anilines is 1. The first-order valence-electron chi connectivity index (χ1n) is 16.9. The Labute approximate surface area is 300 Å². The number of hydrogen-bond acceptors (Lipinski definition) is 5. The highest BCUT2D eigenvalue weighted by molar-refractivity contribution is 5.67. The van der Waals surface area contributed by atoms with Gasteiger partial charge in [0.2, 0.25) is 0 Å². The van der Waals surface area contributed by atoms with E-state index in [9.17, 15) is 0 Å². The third kappa shape index (κ3) is 10.1. The maximum Gasteiger partial charge on any atom is 0.0889 e. The second-order valence-electron chi connectivity index (χ2n) is 11.8. The molecular formula is C46H39N5. The Morgan fingerprint density at radius 2 is 0.902 bits per heavy atom. The monoisotopic (exact) mass is 661 g/mol. The maximum absolute atomic E-state index is 5.70. The predicted octanol–water partition coefficient (Wildman–Crippen LogP) is 10.8. The van der Waals surface area contributed by atoms with Crippen LogP contribution in [0.3, 0.4) is 0 Å². The number of aryl methyl sites for hydroxylation is 1. The number of benzene rings is 4. The molecule has 4 aromatic heterocycles. The van der Waals surface area contributed by atoms with Crippen molar-refractivity contribution in [3.63, 3.8) is 0 Å². The van der Waals surface area contributed by atoms with Crippen molar-refractivity contribution in [1.29, 1.82) is 0 Å². The normalized spacial score (nSPS) is 10.2. The van der Waals surface area contributed by atoms with Crippen LogP contribution in [0.1, 0.15) is 17.0 Å². The molecule has 0 amide bonds. The fourth-order valence-electron chi connectivity index (χ4n) is 5.48. The van der Waals surface area contributed by atoms with Crippen molar-refractivity contribution in [1.82, 2.24) is 19.9 Å². The van der Waals surface area contributed by atoms with Crippen LogP contribution in [-0.2, 0) is 6.42 Å². The van der Waals surface area contributed by atoms with Crippen LogP contribution < -0.4 is 5.73 Å². The molecule has 4 aromatic carbocycles. The summed E-state index contributed by atoms with van der Waals surface area (Å²) in [4.78, 5) is 17.8. The molecule has 0 aliphatic carbocycles. The summed E-state index contributed by atoms with van der Waals surface area (Å²) in [5.74, 6) is 0. The molecule has 8 rings (SSSR count). The zero-order chi connectivity index (χ0) is 35.1. The smallest absolute Gasteiger partial charge is 0.0889 e. The Morgan fingerprint density at radius 3 is 1.47 bits per heavy atom. The first kappa shape index (κ1) is 34.2. The van der Waals surface area contributed by atoms with Gasteiger partial charge in [-0.3, -0.25) is 19.9 Å². The number of nitrogen functional groups attached to an aromatic ring is 1. The number of nitrogens with zero attached hydrogens (tertiary/aromatic N) is 4. The predicted molar refractivity (Wildman–Crippen MR) is 211 cm³/mol. The molecule has 4 heterocycles. The molecule has 0 fully saturated rings. The van der Waals surface area contributed by atoms with E-state index in [0.717, 1.165) is 46.3 Å². The molecule has 0 aliphatic rings. The van der Waals surface area contributed by atoms with Gasteiger partial charge < -0.3 is 5.73 Å². The summed E-state index contributed by atoms with van der Waals surface area (Å²) in [7, 11) is 0. The molecule has 0 saturated heterocycles. The van der Waals surface area contributed by atoms with Crippen molar-refractivity contribution in [2.24, 2.45) is 0 Å². The fourth-order valence-corrected chi connectivity index (χ4v) is 5.48. The minimum atomic E-state index is 0.807. The number of hydrogen-bond donors (Lipinski definition) is 1. The lowest BCUT2D eigenvalue weighted by atomic mass is 10.0. The lowest BCUT2D eigenvalue weighted by Crippen LogP contribution is -1.95. The van der Waals surface area contributed by atoms with Crippen LogP contribution in [0, 0.1) is 6.92 Å². The lowest BCUT2D eigenvalue weighted by molar-refractivity contribution is 1.07. The Hall–Kier alpha value is -6.72. The molecule has 0 spiro atoms. The molecule has 0 unspecified atom stereocenters. The topological polar surface area (TPSA) is 77.6 Å². The number of nitrogens with two attached hydrogens (primary N) is 1. The van der Waals surface area contributed by atoms with E-state index >= 15 is 0 Å². The van der Waals surface area contributed by atoms with Crippen LogP contribution in [0.2, 0.25) is 0 Å². The van der Waals surface area contributed by atoms with E-state index in [1.807, 2.05) is 116 Å². The number of rotatable bonds is 6. The van der Waals surface area contributed by atoms with Crippen molar-refractivity contribution in [3.8, 4) is 45.0 Å². The van der Waals surface area contributed by atoms with E-state index in [-0.39, 0.29) is 0 Å². The molecule has 8 aromatic rings. The van der Waals surface area contributed by atoms with Crippen LogP contribution in [-0.4, -0.2) is 19.9 Å². The standard InChI is InChI=1S/C23H18N2.C12H11N.C11H10N2/c1-2-9-19(10-3-1)20-11-6-8-18(16-20)17-21-12-7-14-23(25-21)22-13-4-5-15-24-22;13-12-8-4-7-11(9-12)10-5-2-1-3-6-10;1-9-5-4-7-11(13-9)10-6-2-3-8-12-10/h1-16H,17H2;1-9H,13H2;2-8H,1H3. The van der Waals surface area contributed by atoms with E-state index < -0.39 is 0 Å². The van der Waals surface area contributed by atoms with Crippen LogP contribution in [0.15, 0.2) is 194 Å². The van der Waals surface area contributed by atoms with Crippen LogP contribution >= 0.6 is 0 Å². The molecule has 0 saturated carbocycles. The van der Waals surface area contributed by atoms with Gasteiger partial charge in [-0.1, -0.05) is 121 Å². The second-order valence-corrected chi connectivity index (χ2v) is 11.8. The van der Waals surface area contributed by atoms with Gasteiger partial charge in [0.25, 0.3) is 0 Å². The van der Waals surface area contributed by atoms with E-state index in [4.69, 9.17) is 10.7 Å². The SMILES string of the molecule is Cc1cccc(-c2ccccn2)n1.Nc1cccc(-c2ccccc2)c1.c1ccc(-c2cccc(Cc3cccc(-c4ccccn4)n3)c2)cc1. The summed E-state index contributed by atoms with van der Waals surface area (Å²) in [6, 6.07) is 61.0. The Morgan fingerprint density at radius 1 is 0.412 bits per heavy atom. The quantitative estimate of drug-likeness (QED) is 0.179. The van der Waals surface area contributed by atoms with Crippen molar-refractivity contribution in [3.05, 3.63) is 211 Å². The second kappa shape index (κ2) is 17.6. The molecule has 5 heteroatoms. The Bertz CT molecular complexity index is 2080. The van der Waals surface area contributed by atoms with Gasteiger partial charge in [-0.15, -0.1) is 0 Å². The van der Waals surface area contributed by atoms with E-state index in [0.29, 0.717) is 0 Å². The van der Waals surface area contributed by atoms with Gasteiger partial charge in [0.05, 0.1) is 22.8 Å². The molecule has 0 aliphatic heterocycles. The largest absolute Gasteiger partial charge is 0.399 e. The maximum atomic E-state index is 5.70. The van der Waals surface area contributed by atoms with Gasteiger partial charge in [-0.25, -0.2) is 0 Å². The summed E-state index contributed by atoms with van der Waals surface area (Å²) < 4.78 is 0. The highest BCUT2D eigenvalue weighted by Crippen LogP contribution is 2.23. The van der Waals surface area contributed by atoms with E-state index in [1.165, 1.54) is 27.8 Å². The van der Waals surface area contributed by atoms with Crippen molar-refractivity contribution in [2.75, 3.05) is 5.73 Å². The number of aromatic nitrogens is 4. The van der Waals surface area contributed by atoms with Gasteiger partial charge in [0.15, 0.2) is 0 Å².